The molecule has 2 N–H and O–H groups in total. The smallest absolute Gasteiger partial charge is 0.313 e. The molecule has 1 saturated carbocycles. The molecular formula is C17H18O3. The van der Waals surface area contributed by atoms with Crippen molar-refractivity contribution in [1.29, 1.82) is 0 Å². The number of aliphatic carboxylic acids is 1. The van der Waals surface area contributed by atoms with Gasteiger partial charge in [0.15, 0.2) is 0 Å². The number of carbonyl (C=O) groups is 1. The van der Waals surface area contributed by atoms with E-state index in [4.69, 9.17) is 0 Å². The molecule has 0 spiro atoms. The molecule has 1 atom stereocenters. The first kappa shape index (κ1) is 13.1. The zero-order valence-corrected chi connectivity index (χ0v) is 11.2. The van der Waals surface area contributed by atoms with Crippen molar-refractivity contribution < 1.29 is 15.0 Å². The second kappa shape index (κ2) is 4.91. The summed E-state index contributed by atoms with van der Waals surface area (Å²) < 4.78 is 0. The van der Waals surface area contributed by atoms with Gasteiger partial charge in [-0.3, -0.25) is 4.79 Å². The van der Waals surface area contributed by atoms with Gasteiger partial charge < -0.3 is 10.2 Å². The maximum atomic E-state index is 11.8. The Morgan fingerprint density at radius 3 is 2.40 bits per heavy atom. The van der Waals surface area contributed by atoms with Crippen LogP contribution < -0.4 is 0 Å². The first-order valence-electron chi connectivity index (χ1n) is 7.05. The van der Waals surface area contributed by atoms with Gasteiger partial charge in [0.05, 0.1) is 5.60 Å². The van der Waals surface area contributed by atoms with Crippen LogP contribution in [0.1, 0.15) is 37.2 Å². The highest BCUT2D eigenvalue weighted by molar-refractivity contribution is 5.91. The van der Waals surface area contributed by atoms with Gasteiger partial charge in [-0.25, -0.2) is 0 Å². The largest absolute Gasteiger partial charge is 0.481 e. The van der Waals surface area contributed by atoms with Crippen LogP contribution in [0.5, 0.6) is 0 Å². The Balaban J connectivity index is 2.17. The second-order valence-corrected chi connectivity index (χ2v) is 5.65. The van der Waals surface area contributed by atoms with E-state index in [0.29, 0.717) is 12.8 Å². The molecule has 0 radical (unpaired) electrons. The van der Waals surface area contributed by atoms with E-state index in [1.54, 1.807) is 0 Å². The Labute approximate surface area is 117 Å². The molecule has 0 aliphatic heterocycles. The highest BCUT2D eigenvalue weighted by atomic mass is 16.4. The summed E-state index contributed by atoms with van der Waals surface area (Å²) in [6.45, 7) is 0. The average Bonchev–Trinajstić information content (AvgIpc) is 2.86. The normalized spacial score (nSPS) is 19.1. The predicted molar refractivity (Wildman–Crippen MR) is 77.7 cm³/mol. The molecule has 3 rings (SSSR count). The minimum atomic E-state index is -1.12. The number of fused-ring (bicyclic) bond motifs is 1. The molecule has 0 bridgehead atoms. The van der Waals surface area contributed by atoms with Crippen molar-refractivity contribution in [3.05, 3.63) is 48.0 Å². The SMILES string of the molecule is O=C(O)[C@H](c1cccc2ccccc12)C1(O)CCCC1. The maximum Gasteiger partial charge on any atom is 0.313 e. The molecule has 1 aliphatic carbocycles. The van der Waals surface area contributed by atoms with Crippen LogP contribution in [0.25, 0.3) is 10.8 Å². The Morgan fingerprint density at radius 2 is 1.70 bits per heavy atom. The molecule has 20 heavy (non-hydrogen) atoms. The molecule has 1 fully saturated rings. The summed E-state index contributed by atoms with van der Waals surface area (Å²) in [5.74, 6) is -1.79. The van der Waals surface area contributed by atoms with Crippen LogP contribution >= 0.6 is 0 Å². The van der Waals surface area contributed by atoms with E-state index in [1.807, 2.05) is 42.5 Å². The average molecular weight is 270 g/mol. The molecular weight excluding hydrogens is 252 g/mol. The number of hydrogen-bond acceptors (Lipinski definition) is 2. The van der Waals surface area contributed by atoms with Gasteiger partial charge in [-0.15, -0.1) is 0 Å². The standard InChI is InChI=1S/C17H18O3/c18-16(19)15(17(20)10-3-4-11-17)14-9-5-7-12-6-1-2-8-13(12)14/h1-2,5-9,15,20H,3-4,10-11H2,(H,18,19)/t15-/m0/s1. The zero-order valence-electron chi connectivity index (χ0n) is 11.2. The molecule has 104 valence electrons. The van der Waals surface area contributed by atoms with E-state index < -0.39 is 17.5 Å². The third kappa shape index (κ3) is 2.08. The molecule has 3 nitrogen and oxygen atoms in total. The molecule has 2 aromatic rings. The number of carboxylic acids is 1. The van der Waals surface area contributed by atoms with E-state index in [-0.39, 0.29) is 0 Å². The monoisotopic (exact) mass is 270 g/mol. The van der Waals surface area contributed by atoms with Gasteiger partial charge in [0, 0.05) is 0 Å². The number of aliphatic hydroxyl groups is 1. The van der Waals surface area contributed by atoms with Crippen molar-refractivity contribution in [3.8, 4) is 0 Å². The molecule has 2 aromatic carbocycles. The Hall–Kier alpha value is -1.87. The first-order valence-corrected chi connectivity index (χ1v) is 7.05. The van der Waals surface area contributed by atoms with Crippen LogP contribution in [0.2, 0.25) is 0 Å². The minimum Gasteiger partial charge on any atom is -0.481 e. The quantitative estimate of drug-likeness (QED) is 0.899. The highest BCUT2D eigenvalue weighted by Crippen LogP contribution is 2.43. The zero-order chi connectivity index (χ0) is 14.2. The summed E-state index contributed by atoms with van der Waals surface area (Å²) in [5, 5.41) is 22.3. The van der Waals surface area contributed by atoms with Crippen molar-refractivity contribution in [2.24, 2.45) is 0 Å². The van der Waals surface area contributed by atoms with E-state index in [0.717, 1.165) is 29.2 Å². The molecule has 1 aliphatic rings. The van der Waals surface area contributed by atoms with Crippen molar-refractivity contribution >= 4 is 16.7 Å². The Bertz CT molecular complexity index is 636. The number of hydrogen-bond donors (Lipinski definition) is 2. The maximum absolute atomic E-state index is 11.8. The van der Waals surface area contributed by atoms with Crippen LogP contribution in [0.3, 0.4) is 0 Å². The highest BCUT2D eigenvalue weighted by Gasteiger charge is 2.45. The van der Waals surface area contributed by atoms with Crippen LogP contribution in [0.4, 0.5) is 0 Å². The van der Waals surface area contributed by atoms with Crippen LogP contribution in [-0.4, -0.2) is 21.8 Å². The van der Waals surface area contributed by atoms with Crippen LogP contribution in [0.15, 0.2) is 42.5 Å². The molecule has 0 aromatic heterocycles. The molecule has 0 saturated heterocycles. The van der Waals surface area contributed by atoms with Gasteiger partial charge in [0.1, 0.15) is 5.92 Å². The van der Waals surface area contributed by atoms with Crippen molar-refractivity contribution in [2.45, 2.75) is 37.2 Å². The summed E-state index contributed by atoms with van der Waals surface area (Å²) in [7, 11) is 0. The number of rotatable bonds is 3. The summed E-state index contributed by atoms with van der Waals surface area (Å²) in [4.78, 5) is 11.8. The lowest BCUT2D eigenvalue weighted by atomic mass is 9.79. The van der Waals surface area contributed by atoms with E-state index in [1.165, 1.54) is 0 Å². The molecule has 0 heterocycles. The van der Waals surface area contributed by atoms with E-state index >= 15 is 0 Å². The summed E-state index contributed by atoms with van der Waals surface area (Å²) in [5.41, 5.74) is -0.393. The molecule has 3 heteroatoms. The van der Waals surface area contributed by atoms with Gasteiger partial charge in [0.2, 0.25) is 0 Å². The Kier molecular flexibility index (Phi) is 3.22. The third-order valence-electron chi connectivity index (χ3n) is 4.39. The Morgan fingerprint density at radius 1 is 1.05 bits per heavy atom. The van der Waals surface area contributed by atoms with Gasteiger partial charge in [0.25, 0.3) is 0 Å². The topological polar surface area (TPSA) is 57.5 Å². The number of benzene rings is 2. The second-order valence-electron chi connectivity index (χ2n) is 5.65. The van der Waals surface area contributed by atoms with Crippen LogP contribution in [0, 0.1) is 0 Å². The van der Waals surface area contributed by atoms with E-state index in [9.17, 15) is 15.0 Å². The number of carboxylic acid groups (broad SMARTS) is 1. The van der Waals surface area contributed by atoms with E-state index in [2.05, 4.69) is 0 Å². The fourth-order valence-electron chi connectivity index (χ4n) is 3.43. The van der Waals surface area contributed by atoms with Gasteiger partial charge in [-0.1, -0.05) is 55.3 Å². The summed E-state index contributed by atoms with van der Waals surface area (Å²) in [6.07, 6.45) is 2.91. The summed E-state index contributed by atoms with van der Waals surface area (Å²) in [6, 6.07) is 13.4. The first-order chi connectivity index (χ1) is 9.62. The minimum absolute atomic E-state index is 0.563. The van der Waals surface area contributed by atoms with Crippen molar-refractivity contribution in [2.75, 3.05) is 0 Å². The van der Waals surface area contributed by atoms with Crippen LogP contribution in [-0.2, 0) is 4.79 Å². The lowest BCUT2D eigenvalue weighted by Gasteiger charge is -2.30. The van der Waals surface area contributed by atoms with Gasteiger partial charge in [-0.2, -0.15) is 0 Å². The van der Waals surface area contributed by atoms with Crippen molar-refractivity contribution in [3.63, 3.8) is 0 Å². The third-order valence-corrected chi connectivity index (χ3v) is 4.39. The van der Waals surface area contributed by atoms with Crippen molar-refractivity contribution in [1.82, 2.24) is 0 Å². The van der Waals surface area contributed by atoms with Gasteiger partial charge >= 0.3 is 5.97 Å². The summed E-state index contributed by atoms with van der Waals surface area (Å²) >= 11 is 0. The predicted octanol–water partition coefficient (Wildman–Crippen LogP) is 3.31. The molecule has 0 amide bonds. The fraction of sp³-hybridized carbons (Fsp3) is 0.353. The lowest BCUT2D eigenvalue weighted by Crippen LogP contribution is -2.38. The molecule has 0 unspecified atom stereocenters. The fourth-order valence-corrected chi connectivity index (χ4v) is 3.43. The lowest BCUT2D eigenvalue weighted by molar-refractivity contribution is -0.145. The van der Waals surface area contributed by atoms with Gasteiger partial charge in [-0.05, 0) is 29.2 Å².